The molecule has 0 aromatic heterocycles. The molecule has 1 saturated heterocycles. The van der Waals surface area contributed by atoms with E-state index in [4.69, 9.17) is 13.9 Å². The first-order chi connectivity index (χ1) is 11.8. The molecule has 140 valence electrons. The van der Waals surface area contributed by atoms with Gasteiger partial charge in [0, 0.05) is 18.4 Å². The molecule has 0 amide bonds. The van der Waals surface area contributed by atoms with Gasteiger partial charge in [-0.2, -0.15) is 0 Å². The summed E-state index contributed by atoms with van der Waals surface area (Å²) in [6.07, 6.45) is 2.36. The number of hydrogen-bond donors (Lipinski definition) is 0. The van der Waals surface area contributed by atoms with Gasteiger partial charge in [-0.1, -0.05) is 71.9 Å². The topological polar surface area (TPSA) is 27.7 Å². The molecule has 1 aliphatic heterocycles. The van der Waals surface area contributed by atoms with Crippen LogP contribution < -0.4 is 0 Å². The number of hydrogen-bond acceptors (Lipinski definition) is 3. The lowest BCUT2D eigenvalue weighted by Crippen LogP contribution is -2.50. The highest BCUT2D eigenvalue weighted by atomic mass is 28.4. The largest absolute Gasteiger partial charge is 0.413 e. The molecule has 1 aromatic carbocycles. The van der Waals surface area contributed by atoms with Crippen molar-refractivity contribution in [2.24, 2.45) is 0 Å². The molecule has 0 radical (unpaired) electrons. The number of rotatable bonds is 6. The maximum atomic E-state index is 6.94. The molecule has 0 N–H and O–H groups in total. The van der Waals surface area contributed by atoms with Crippen molar-refractivity contribution >= 4 is 8.32 Å². The molecular formula is C21H34O3Si. The van der Waals surface area contributed by atoms with Crippen LogP contribution in [0.5, 0.6) is 0 Å². The average molecular weight is 363 g/mol. The van der Waals surface area contributed by atoms with Crippen LogP contribution in [0, 0.1) is 0 Å². The van der Waals surface area contributed by atoms with Crippen LogP contribution in [0.3, 0.4) is 0 Å². The molecule has 1 aliphatic carbocycles. The van der Waals surface area contributed by atoms with Crippen LogP contribution >= 0.6 is 0 Å². The lowest BCUT2D eigenvalue weighted by molar-refractivity contribution is -0.0840. The fourth-order valence-corrected chi connectivity index (χ4v) is 10.7. The van der Waals surface area contributed by atoms with Gasteiger partial charge in [-0.3, -0.25) is 0 Å². The summed E-state index contributed by atoms with van der Waals surface area (Å²) in [5.74, 6) is 0. The van der Waals surface area contributed by atoms with Gasteiger partial charge in [0.05, 0.1) is 18.3 Å². The van der Waals surface area contributed by atoms with Gasteiger partial charge < -0.3 is 13.9 Å². The minimum atomic E-state index is -1.83. The highest BCUT2D eigenvalue weighted by molar-refractivity contribution is 6.77. The first-order valence-electron chi connectivity index (χ1n) is 9.88. The van der Waals surface area contributed by atoms with Crippen LogP contribution in [0.1, 0.15) is 66.2 Å². The maximum absolute atomic E-state index is 6.94. The second-order valence-corrected chi connectivity index (χ2v) is 14.0. The van der Waals surface area contributed by atoms with Crippen LogP contribution in [0.15, 0.2) is 30.3 Å². The molecule has 1 saturated carbocycles. The van der Waals surface area contributed by atoms with Gasteiger partial charge in [-0.15, -0.1) is 0 Å². The third kappa shape index (κ3) is 3.59. The van der Waals surface area contributed by atoms with Crippen LogP contribution in [0.4, 0.5) is 0 Å². The van der Waals surface area contributed by atoms with E-state index in [-0.39, 0.29) is 24.6 Å². The molecule has 0 spiro atoms. The molecule has 1 heterocycles. The quantitative estimate of drug-likeness (QED) is 0.596. The number of benzene rings is 1. The summed E-state index contributed by atoms with van der Waals surface area (Å²) in [5, 5.41) is 0. The van der Waals surface area contributed by atoms with Crippen molar-refractivity contribution in [3.05, 3.63) is 35.9 Å². The molecule has 25 heavy (non-hydrogen) atoms. The van der Waals surface area contributed by atoms with Crippen molar-refractivity contribution < 1.29 is 13.9 Å². The van der Waals surface area contributed by atoms with E-state index >= 15 is 0 Å². The van der Waals surface area contributed by atoms with E-state index in [1.165, 1.54) is 0 Å². The predicted octanol–water partition coefficient (Wildman–Crippen LogP) is 5.82. The Bertz CT molecular complexity index is 522. The molecule has 0 bridgehead atoms. The number of fused-ring (bicyclic) bond motifs is 1. The van der Waals surface area contributed by atoms with Crippen LogP contribution in [0.2, 0.25) is 16.6 Å². The summed E-state index contributed by atoms with van der Waals surface area (Å²) < 4.78 is 19.4. The Hall–Kier alpha value is -0.683. The van der Waals surface area contributed by atoms with Gasteiger partial charge >= 0.3 is 0 Å². The summed E-state index contributed by atoms with van der Waals surface area (Å²) in [4.78, 5) is 0. The fourth-order valence-electron chi connectivity index (χ4n) is 5.11. The summed E-state index contributed by atoms with van der Waals surface area (Å²) >= 11 is 0. The Labute approximate surface area is 154 Å². The SMILES string of the molecule is CC(C)[Si](OC1CC2OC(c3ccccc3)O[C@H]2C1)(C(C)C)C(C)C. The normalized spacial score (nSPS) is 29.8. The molecule has 2 fully saturated rings. The predicted molar refractivity (Wildman–Crippen MR) is 104 cm³/mol. The minimum Gasteiger partial charge on any atom is -0.413 e. The second-order valence-electron chi connectivity index (χ2n) is 8.62. The summed E-state index contributed by atoms with van der Waals surface area (Å²) in [7, 11) is -1.83. The Morgan fingerprint density at radius 2 is 1.32 bits per heavy atom. The standard InChI is InChI=1S/C21H34O3Si/c1-14(2)25(15(3)4,16(5)6)24-18-12-19-20(13-18)23-21(22-19)17-10-8-7-9-11-17/h7-11,14-16,18-21H,12-13H2,1-6H3/t18?,19-,20?,21?/m0/s1. The van der Waals surface area contributed by atoms with Gasteiger partial charge in [-0.25, -0.2) is 0 Å². The molecule has 3 nitrogen and oxygen atoms in total. The van der Waals surface area contributed by atoms with Crippen LogP contribution in [-0.4, -0.2) is 26.6 Å². The first-order valence-corrected chi connectivity index (χ1v) is 12.0. The van der Waals surface area contributed by atoms with Crippen molar-refractivity contribution in [3.63, 3.8) is 0 Å². The fraction of sp³-hybridized carbons (Fsp3) is 0.714. The average Bonchev–Trinajstić information content (AvgIpc) is 3.10. The molecule has 3 rings (SSSR count). The first kappa shape index (κ1) is 19.1. The second kappa shape index (κ2) is 7.51. The van der Waals surface area contributed by atoms with Gasteiger partial charge in [-0.05, 0) is 16.6 Å². The molecule has 3 unspecified atom stereocenters. The maximum Gasteiger partial charge on any atom is 0.200 e. The molecule has 2 aliphatic rings. The molecule has 4 atom stereocenters. The van der Waals surface area contributed by atoms with E-state index in [0.717, 1.165) is 18.4 Å². The molecule has 1 aromatic rings. The zero-order chi connectivity index (χ0) is 18.2. The van der Waals surface area contributed by atoms with Gasteiger partial charge in [0.25, 0.3) is 0 Å². The lowest BCUT2D eigenvalue weighted by Gasteiger charge is -2.44. The number of ether oxygens (including phenoxy) is 2. The minimum absolute atomic E-state index is 0.174. The Morgan fingerprint density at radius 1 is 0.840 bits per heavy atom. The third-order valence-electron chi connectivity index (χ3n) is 6.15. The van der Waals surface area contributed by atoms with Crippen molar-refractivity contribution in [2.75, 3.05) is 0 Å². The van der Waals surface area contributed by atoms with Crippen LogP contribution in [-0.2, 0) is 13.9 Å². The van der Waals surface area contributed by atoms with Gasteiger partial charge in [0.15, 0.2) is 6.29 Å². The summed E-state index contributed by atoms with van der Waals surface area (Å²) in [6.45, 7) is 14.1. The Kier molecular flexibility index (Phi) is 5.74. The van der Waals surface area contributed by atoms with Crippen molar-refractivity contribution in [2.45, 2.75) is 95.6 Å². The van der Waals surface area contributed by atoms with Crippen molar-refractivity contribution in [1.29, 1.82) is 0 Å². The lowest BCUT2D eigenvalue weighted by atomic mass is 10.2. The van der Waals surface area contributed by atoms with Crippen molar-refractivity contribution in [1.82, 2.24) is 0 Å². The van der Waals surface area contributed by atoms with Crippen LogP contribution in [0.25, 0.3) is 0 Å². The molecule has 4 heteroatoms. The Balaban J connectivity index is 1.65. The monoisotopic (exact) mass is 362 g/mol. The zero-order valence-electron chi connectivity index (χ0n) is 16.6. The van der Waals surface area contributed by atoms with Crippen molar-refractivity contribution in [3.8, 4) is 0 Å². The summed E-state index contributed by atoms with van der Waals surface area (Å²) in [6, 6.07) is 10.3. The van der Waals surface area contributed by atoms with Gasteiger partial charge in [0.1, 0.15) is 0 Å². The van der Waals surface area contributed by atoms with E-state index in [2.05, 4.69) is 53.7 Å². The van der Waals surface area contributed by atoms with E-state index in [1.54, 1.807) is 0 Å². The summed E-state index contributed by atoms with van der Waals surface area (Å²) in [5.41, 5.74) is 2.97. The smallest absolute Gasteiger partial charge is 0.200 e. The van der Waals surface area contributed by atoms with E-state index in [0.29, 0.717) is 16.6 Å². The van der Waals surface area contributed by atoms with E-state index in [9.17, 15) is 0 Å². The van der Waals surface area contributed by atoms with E-state index < -0.39 is 8.32 Å². The Morgan fingerprint density at radius 3 is 1.76 bits per heavy atom. The highest BCUT2D eigenvalue weighted by Gasteiger charge is 2.51. The zero-order valence-corrected chi connectivity index (χ0v) is 17.6. The third-order valence-corrected chi connectivity index (χ3v) is 12.3. The van der Waals surface area contributed by atoms with Gasteiger partial charge in [0.2, 0.25) is 8.32 Å². The van der Waals surface area contributed by atoms with E-state index in [1.807, 2.05) is 18.2 Å². The highest BCUT2D eigenvalue weighted by Crippen LogP contribution is 2.47. The molecular weight excluding hydrogens is 328 g/mol.